The van der Waals surface area contributed by atoms with E-state index < -0.39 is 0 Å². The number of nitrogens with one attached hydrogen (secondary N) is 3. The summed E-state index contributed by atoms with van der Waals surface area (Å²) >= 11 is 0. The molecule has 0 saturated carbocycles. The third-order valence-electron chi connectivity index (χ3n) is 4.24. The molecule has 2 aromatic carbocycles. The molecule has 8 nitrogen and oxygen atoms in total. The normalized spacial score (nSPS) is 11.2. The van der Waals surface area contributed by atoms with Gasteiger partial charge in [0.15, 0.2) is 11.8 Å². The van der Waals surface area contributed by atoms with Crippen LogP contribution in [0.3, 0.4) is 0 Å². The molecule has 0 amide bonds. The van der Waals surface area contributed by atoms with Crippen molar-refractivity contribution in [3.05, 3.63) is 60.4 Å². The first-order valence-electron chi connectivity index (χ1n) is 10.0. The maximum atomic E-state index is 5.70. The highest BCUT2D eigenvalue weighted by molar-refractivity contribution is 5.79. The second-order valence-electron chi connectivity index (χ2n) is 6.47. The van der Waals surface area contributed by atoms with E-state index in [1.165, 1.54) is 0 Å². The van der Waals surface area contributed by atoms with Crippen molar-refractivity contribution in [2.45, 2.75) is 19.9 Å². The summed E-state index contributed by atoms with van der Waals surface area (Å²) in [6, 6.07) is 17.4. The van der Waals surface area contributed by atoms with Crippen LogP contribution in [0.4, 0.5) is 0 Å². The number of H-pyrrole nitrogens is 1. The molecule has 0 spiro atoms. The van der Waals surface area contributed by atoms with Crippen LogP contribution in [0.2, 0.25) is 0 Å². The lowest BCUT2D eigenvalue weighted by molar-refractivity contribution is 0.311. The number of aromatic nitrogens is 3. The number of aliphatic imine (C=N–C) groups is 1. The molecule has 1 heterocycles. The molecule has 0 atom stereocenters. The van der Waals surface area contributed by atoms with Gasteiger partial charge in [0.2, 0.25) is 0 Å². The minimum atomic E-state index is 0.402. The van der Waals surface area contributed by atoms with Gasteiger partial charge in [-0.3, -0.25) is 5.10 Å². The third kappa shape index (κ3) is 6.51. The summed E-state index contributed by atoms with van der Waals surface area (Å²) in [6.45, 7) is 4.61. The molecule has 8 heteroatoms. The molecular formula is C22H28N6O2. The molecule has 30 heavy (non-hydrogen) atoms. The van der Waals surface area contributed by atoms with E-state index in [9.17, 15) is 0 Å². The standard InChI is InChI=1S/C22H28N6O2/c1-3-23-22(24-14-7-15-30-19-8-5-4-6-9-19)25-16-20-26-21(28-27-20)17-10-12-18(29-2)13-11-17/h4-6,8-13H,3,7,14-16H2,1-2H3,(H2,23,24,25)(H,26,27,28). The quantitative estimate of drug-likeness (QED) is 0.271. The van der Waals surface area contributed by atoms with Crippen molar-refractivity contribution in [2.24, 2.45) is 4.99 Å². The van der Waals surface area contributed by atoms with Crippen LogP contribution in [0.1, 0.15) is 19.2 Å². The molecule has 0 aliphatic carbocycles. The van der Waals surface area contributed by atoms with Crippen molar-refractivity contribution in [2.75, 3.05) is 26.8 Å². The van der Waals surface area contributed by atoms with Gasteiger partial charge in [0, 0.05) is 18.7 Å². The van der Waals surface area contributed by atoms with Crippen molar-refractivity contribution < 1.29 is 9.47 Å². The van der Waals surface area contributed by atoms with E-state index in [4.69, 9.17) is 9.47 Å². The number of guanidine groups is 1. The summed E-state index contributed by atoms with van der Waals surface area (Å²) in [5.41, 5.74) is 0.922. The van der Waals surface area contributed by atoms with Gasteiger partial charge in [0.1, 0.15) is 23.9 Å². The fraction of sp³-hybridized carbons (Fsp3) is 0.318. The topological polar surface area (TPSA) is 96.5 Å². The fourth-order valence-electron chi connectivity index (χ4n) is 2.72. The Morgan fingerprint density at radius 2 is 1.83 bits per heavy atom. The zero-order valence-corrected chi connectivity index (χ0v) is 17.4. The van der Waals surface area contributed by atoms with Crippen LogP contribution in [-0.4, -0.2) is 47.9 Å². The Bertz CT molecular complexity index is 909. The number of para-hydroxylation sites is 1. The molecule has 3 rings (SSSR count). The zero-order chi connectivity index (χ0) is 21.0. The van der Waals surface area contributed by atoms with Gasteiger partial charge in [-0.2, -0.15) is 5.10 Å². The molecule has 0 aliphatic rings. The lowest BCUT2D eigenvalue weighted by atomic mass is 10.2. The second kappa shape index (κ2) is 11.5. The molecule has 3 N–H and O–H groups in total. The summed E-state index contributed by atoms with van der Waals surface area (Å²) in [7, 11) is 1.64. The molecular weight excluding hydrogens is 380 g/mol. The van der Waals surface area contributed by atoms with Gasteiger partial charge < -0.3 is 20.1 Å². The van der Waals surface area contributed by atoms with Gasteiger partial charge in [-0.1, -0.05) is 18.2 Å². The first kappa shape index (κ1) is 21.2. The highest BCUT2D eigenvalue weighted by Crippen LogP contribution is 2.19. The number of aromatic amines is 1. The summed E-state index contributed by atoms with van der Waals surface area (Å²) in [5, 5.41) is 13.8. The van der Waals surface area contributed by atoms with Gasteiger partial charge >= 0.3 is 0 Å². The Balaban J connectivity index is 1.47. The highest BCUT2D eigenvalue weighted by Gasteiger charge is 2.06. The van der Waals surface area contributed by atoms with Crippen LogP contribution in [0.15, 0.2) is 59.6 Å². The van der Waals surface area contributed by atoms with E-state index in [1.54, 1.807) is 7.11 Å². The molecule has 1 aromatic heterocycles. The average Bonchev–Trinajstić information content (AvgIpc) is 3.27. The lowest BCUT2D eigenvalue weighted by Gasteiger charge is -2.11. The SMILES string of the molecule is CCNC(=NCc1nc(-c2ccc(OC)cc2)n[nH]1)NCCCOc1ccccc1. The van der Waals surface area contributed by atoms with Crippen molar-refractivity contribution >= 4 is 5.96 Å². The smallest absolute Gasteiger partial charge is 0.191 e. The summed E-state index contributed by atoms with van der Waals surface area (Å²) in [5.74, 6) is 3.76. The van der Waals surface area contributed by atoms with Gasteiger partial charge in [-0.05, 0) is 49.7 Å². The molecule has 0 radical (unpaired) electrons. The fourth-order valence-corrected chi connectivity index (χ4v) is 2.72. The number of ether oxygens (including phenoxy) is 2. The van der Waals surface area contributed by atoms with Gasteiger partial charge in [-0.15, -0.1) is 0 Å². The maximum Gasteiger partial charge on any atom is 0.191 e. The minimum Gasteiger partial charge on any atom is -0.497 e. The molecule has 158 valence electrons. The Hall–Kier alpha value is -3.55. The van der Waals surface area contributed by atoms with E-state index in [-0.39, 0.29) is 0 Å². The molecule has 0 aliphatic heterocycles. The lowest BCUT2D eigenvalue weighted by Crippen LogP contribution is -2.38. The summed E-state index contributed by atoms with van der Waals surface area (Å²) < 4.78 is 10.9. The molecule has 0 fully saturated rings. The van der Waals surface area contributed by atoms with Crippen LogP contribution in [0.25, 0.3) is 11.4 Å². The predicted octanol–water partition coefficient (Wildman–Crippen LogP) is 3.00. The van der Waals surface area contributed by atoms with Gasteiger partial charge in [0.05, 0.1) is 13.7 Å². The Morgan fingerprint density at radius 3 is 2.57 bits per heavy atom. The Kier molecular flexibility index (Phi) is 8.08. The number of benzene rings is 2. The van der Waals surface area contributed by atoms with E-state index in [0.29, 0.717) is 24.8 Å². The van der Waals surface area contributed by atoms with Crippen LogP contribution in [-0.2, 0) is 6.54 Å². The first-order chi connectivity index (χ1) is 14.8. The molecule has 0 bridgehead atoms. The number of hydrogen-bond acceptors (Lipinski definition) is 5. The predicted molar refractivity (Wildman–Crippen MR) is 118 cm³/mol. The number of methoxy groups -OCH3 is 1. The Morgan fingerprint density at radius 1 is 1.03 bits per heavy atom. The van der Waals surface area contributed by atoms with Crippen LogP contribution in [0.5, 0.6) is 11.5 Å². The number of rotatable bonds is 10. The maximum absolute atomic E-state index is 5.70. The van der Waals surface area contributed by atoms with E-state index >= 15 is 0 Å². The molecule has 0 saturated heterocycles. The number of hydrogen-bond donors (Lipinski definition) is 3. The van der Waals surface area contributed by atoms with Crippen LogP contribution < -0.4 is 20.1 Å². The van der Waals surface area contributed by atoms with Crippen LogP contribution in [0, 0.1) is 0 Å². The van der Waals surface area contributed by atoms with E-state index in [2.05, 4.69) is 30.8 Å². The van der Waals surface area contributed by atoms with Crippen molar-refractivity contribution in [3.8, 4) is 22.9 Å². The molecule has 3 aromatic rings. The van der Waals surface area contributed by atoms with E-state index in [1.807, 2.05) is 61.5 Å². The second-order valence-corrected chi connectivity index (χ2v) is 6.47. The first-order valence-corrected chi connectivity index (χ1v) is 10.0. The summed E-state index contributed by atoms with van der Waals surface area (Å²) in [4.78, 5) is 9.10. The van der Waals surface area contributed by atoms with Crippen molar-refractivity contribution in [1.29, 1.82) is 0 Å². The van der Waals surface area contributed by atoms with Gasteiger partial charge in [0.25, 0.3) is 0 Å². The molecule has 0 unspecified atom stereocenters. The monoisotopic (exact) mass is 408 g/mol. The van der Waals surface area contributed by atoms with E-state index in [0.717, 1.165) is 42.5 Å². The third-order valence-corrected chi connectivity index (χ3v) is 4.24. The highest BCUT2D eigenvalue weighted by atomic mass is 16.5. The zero-order valence-electron chi connectivity index (χ0n) is 17.4. The number of nitrogens with zero attached hydrogens (tertiary/aromatic N) is 3. The van der Waals surface area contributed by atoms with Crippen molar-refractivity contribution in [3.63, 3.8) is 0 Å². The largest absolute Gasteiger partial charge is 0.497 e. The van der Waals surface area contributed by atoms with Crippen molar-refractivity contribution in [1.82, 2.24) is 25.8 Å². The summed E-state index contributed by atoms with van der Waals surface area (Å²) in [6.07, 6.45) is 0.864. The van der Waals surface area contributed by atoms with Gasteiger partial charge in [-0.25, -0.2) is 9.98 Å². The van der Waals surface area contributed by atoms with Crippen LogP contribution >= 0.6 is 0 Å². The average molecular weight is 409 g/mol. The minimum absolute atomic E-state index is 0.402. The Labute approximate surface area is 176 Å².